The van der Waals surface area contributed by atoms with Crippen LogP contribution in [-0.4, -0.2) is 27.9 Å². The van der Waals surface area contributed by atoms with Gasteiger partial charge in [-0.2, -0.15) is 0 Å². The summed E-state index contributed by atoms with van der Waals surface area (Å²) in [5.41, 5.74) is 0.796. The maximum Gasteiger partial charge on any atom is 0.159 e. The van der Waals surface area contributed by atoms with Gasteiger partial charge >= 0.3 is 0 Å². The third-order valence-corrected chi connectivity index (χ3v) is 4.30. The van der Waals surface area contributed by atoms with E-state index < -0.39 is 15.7 Å². The second-order valence-electron chi connectivity index (χ2n) is 3.65. The van der Waals surface area contributed by atoms with Crippen molar-refractivity contribution in [1.82, 2.24) is 5.32 Å². The Morgan fingerprint density at radius 3 is 2.67 bits per heavy atom. The van der Waals surface area contributed by atoms with Crippen LogP contribution in [-0.2, 0) is 15.7 Å². The fourth-order valence-corrected chi connectivity index (χ4v) is 2.97. The molecule has 2 unspecified atom stereocenters. The van der Waals surface area contributed by atoms with E-state index in [0.717, 1.165) is 5.56 Å². The molecule has 0 amide bonds. The minimum Gasteiger partial charge on any atom is -0.411 e. The fourth-order valence-electron chi connectivity index (χ4n) is 1.71. The van der Waals surface area contributed by atoms with Gasteiger partial charge in [0.2, 0.25) is 0 Å². The molecule has 0 aliphatic carbocycles. The van der Waals surface area contributed by atoms with Gasteiger partial charge in [0.05, 0.1) is 17.0 Å². The summed E-state index contributed by atoms with van der Waals surface area (Å²) in [4.78, 5) is -0.987. The molecule has 0 bridgehead atoms. The summed E-state index contributed by atoms with van der Waals surface area (Å²) in [5, 5.41) is 15.1. The number of hydrogen-bond acceptors (Lipinski definition) is 4. The molecule has 5 heteroatoms. The van der Waals surface area contributed by atoms with Crippen LogP contribution in [0.3, 0.4) is 0 Å². The van der Waals surface area contributed by atoms with Crippen molar-refractivity contribution in [1.29, 1.82) is 0 Å². The molecule has 0 fully saturated rings. The molecule has 0 aliphatic heterocycles. The van der Waals surface area contributed by atoms with Gasteiger partial charge in [-0.1, -0.05) is 48.5 Å². The molecule has 0 aromatic heterocycles. The zero-order chi connectivity index (χ0) is 13.4. The van der Waals surface area contributed by atoms with Crippen LogP contribution in [0.15, 0.2) is 48.1 Å². The van der Waals surface area contributed by atoms with E-state index in [0.29, 0.717) is 12.3 Å². The molecule has 4 nitrogen and oxygen atoms in total. The third kappa shape index (κ3) is 3.05. The number of hydrogen-bond donors (Lipinski definition) is 2. The summed E-state index contributed by atoms with van der Waals surface area (Å²) in [6.07, 6.45) is 2.96. The lowest BCUT2D eigenvalue weighted by Gasteiger charge is -2.29. The molecule has 0 saturated heterocycles. The van der Waals surface area contributed by atoms with Crippen molar-refractivity contribution in [2.24, 2.45) is 5.16 Å². The number of rotatable bonds is 7. The standard InChI is InChI=1S/C13H18N2O2S/c1-3-10-14-13(11-15-16,18(17)4-2)12-8-6-5-7-9-12/h3,5-9,11,14,16H,1,4,10H2,2H3. The average molecular weight is 266 g/mol. The van der Waals surface area contributed by atoms with Crippen LogP contribution in [0.4, 0.5) is 0 Å². The molecule has 0 spiro atoms. The lowest BCUT2D eigenvalue weighted by molar-refractivity contribution is 0.317. The van der Waals surface area contributed by atoms with Gasteiger partial charge < -0.3 is 5.21 Å². The first-order chi connectivity index (χ1) is 8.71. The Labute approximate surface area is 110 Å². The van der Waals surface area contributed by atoms with E-state index in [1.54, 1.807) is 6.08 Å². The second kappa shape index (κ2) is 7.08. The molecule has 1 rings (SSSR count). The van der Waals surface area contributed by atoms with Crippen molar-refractivity contribution < 1.29 is 9.42 Å². The van der Waals surface area contributed by atoms with Gasteiger partial charge in [-0.25, -0.2) is 0 Å². The van der Waals surface area contributed by atoms with Gasteiger partial charge in [0.25, 0.3) is 0 Å². The van der Waals surface area contributed by atoms with Crippen molar-refractivity contribution in [3.05, 3.63) is 48.6 Å². The van der Waals surface area contributed by atoms with Crippen LogP contribution in [0.25, 0.3) is 0 Å². The molecule has 0 aliphatic rings. The number of oxime groups is 1. The fraction of sp³-hybridized carbons (Fsp3) is 0.308. The summed E-state index contributed by atoms with van der Waals surface area (Å²) < 4.78 is 12.3. The van der Waals surface area contributed by atoms with E-state index in [9.17, 15) is 4.21 Å². The summed E-state index contributed by atoms with van der Waals surface area (Å²) in [6, 6.07) is 9.30. The quantitative estimate of drug-likeness (QED) is 0.343. The first kappa shape index (κ1) is 14.6. The Morgan fingerprint density at radius 2 is 2.17 bits per heavy atom. The van der Waals surface area contributed by atoms with Crippen LogP contribution in [0.1, 0.15) is 12.5 Å². The van der Waals surface area contributed by atoms with Crippen LogP contribution < -0.4 is 5.32 Å². The highest BCUT2D eigenvalue weighted by molar-refractivity contribution is 7.86. The number of benzene rings is 1. The smallest absolute Gasteiger partial charge is 0.159 e. The van der Waals surface area contributed by atoms with Gasteiger partial charge in [0.1, 0.15) is 0 Å². The van der Waals surface area contributed by atoms with E-state index in [4.69, 9.17) is 5.21 Å². The molecular formula is C13H18N2O2S. The lowest BCUT2D eigenvalue weighted by Crippen LogP contribution is -2.48. The summed E-state index contributed by atoms with van der Waals surface area (Å²) in [5.74, 6) is 0.449. The number of nitrogens with zero attached hydrogens (tertiary/aromatic N) is 1. The highest BCUT2D eigenvalue weighted by Gasteiger charge is 2.35. The van der Waals surface area contributed by atoms with E-state index in [1.807, 2.05) is 37.3 Å². The largest absolute Gasteiger partial charge is 0.411 e. The summed E-state index contributed by atoms with van der Waals surface area (Å²) in [6.45, 7) is 5.93. The van der Waals surface area contributed by atoms with Gasteiger partial charge in [-0.3, -0.25) is 9.53 Å². The average Bonchev–Trinajstić information content (AvgIpc) is 2.43. The van der Waals surface area contributed by atoms with Crippen LogP contribution in [0.2, 0.25) is 0 Å². The Morgan fingerprint density at radius 1 is 1.50 bits per heavy atom. The molecule has 0 radical (unpaired) electrons. The molecule has 18 heavy (non-hydrogen) atoms. The maximum absolute atomic E-state index is 12.3. The van der Waals surface area contributed by atoms with E-state index in [1.165, 1.54) is 6.21 Å². The van der Waals surface area contributed by atoms with E-state index >= 15 is 0 Å². The molecule has 0 heterocycles. The molecule has 1 aromatic rings. The van der Waals surface area contributed by atoms with Gasteiger partial charge in [-0.05, 0) is 5.56 Å². The van der Waals surface area contributed by atoms with Crippen LogP contribution in [0, 0.1) is 0 Å². The van der Waals surface area contributed by atoms with E-state index in [2.05, 4.69) is 17.1 Å². The topological polar surface area (TPSA) is 61.7 Å². The SMILES string of the molecule is C=CCNC(C=NO)(c1ccccc1)S(=O)CC. The van der Waals surface area contributed by atoms with Crippen molar-refractivity contribution in [3.63, 3.8) is 0 Å². The van der Waals surface area contributed by atoms with Gasteiger partial charge in [-0.15, -0.1) is 6.58 Å². The predicted octanol–water partition coefficient (Wildman–Crippen LogP) is 1.84. The molecule has 1 aromatic carbocycles. The van der Waals surface area contributed by atoms with Crippen LogP contribution in [0.5, 0.6) is 0 Å². The molecular weight excluding hydrogens is 248 g/mol. The first-order valence-corrected chi connectivity index (χ1v) is 7.01. The monoisotopic (exact) mass is 266 g/mol. The van der Waals surface area contributed by atoms with Crippen molar-refractivity contribution >= 4 is 17.0 Å². The Balaban J connectivity index is 3.28. The highest BCUT2D eigenvalue weighted by Crippen LogP contribution is 2.23. The Hall–Kier alpha value is -1.46. The third-order valence-electron chi connectivity index (χ3n) is 2.57. The molecule has 98 valence electrons. The van der Waals surface area contributed by atoms with Gasteiger partial charge in [0, 0.05) is 12.3 Å². The molecule has 2 N–H and O–H groups in total. The predicted molar refractivity (Wildman–Crippen MR) is 75.3 cm³/mol. The van der Waals surface area contributed by atoms with Gasteiger partial charge in [0.15, 0.2) is 4.87 Å². The zero-order valence-electron chi connectivity index (χ0n) is 10.4. The van der Waals surface area contributed by atoms with Crippen molar-refractivity contribution in [2.75, 3.05) is 12.3 Å². The molecule has 2 atom stereocenters. The lowest BCUT2D eigenvalue weighted by atomic mass is 10.1. The summed E-state index contributed by atoms with van der Waals surface area (Å²) in [7, 11) is -1.24. The minimum absolute atomic E-state index is 0.449. The minimum atomic E-state index is -1.24. The Kier molecular flexibility index (Phi) is 5.74. The Bertz CT molecular complexity index is 434. The van der Waals surface area contributed by atoms with Crippen molar-refractivity contribution in [2.45, 2.75) is 11.8 Å². The summed E-state index contributed by atoms with van der Waals surface area (Å²) >= 11 is 0. The van der Waals surface area contributed by atoms with Crippen LogP contribution >= 0.6 is 0 Å². The highest BCUT2D eigenvalue weighted by atomic mass is 32.2. The number of nitrogens with one attached hydrogen (secondary N) is 1. The normalized spacial score (nSPS) is 16.3. The zero-order valence-corrected chi connectivity index (χ0v) is 11.2. The van der Waals surface area contributed by atoms with E-state index in [-0.39, 0.29) is 0 Å². The first-order valence-electron chi connectivity index (χ1n) is 5.69. The maximum atomic E-state index is 12.3. The van der Waals surface area contributed by atoms with Crippen molar-refractivity contribution in [3.8, 4) is 0 Å². The molecule has 0 saturated carbocycles. The second-order valence-corrected chi connectivity index (χ2v) is 5.56.